The van der Waals surface area contributed by atoms with E-state index < -0.39 is 0 Å². The van der Waals surface area contributed by atoms with Gasteiger partial charge in [-0.1, -0.05) is 28.1 Å². The van der Waals surface area contributed by atoms with Crippen LogP contribution in [0.15, 0.2) is 53.3 Å². The second-order valence-corrected chi connectivity index (χ2v) is 5.17. The van der Waals surface area contributed by atoms with Gasteiger partial charge in [0.1, 0.15) is 18.8 Å². The zero-order valence-corrected chi connectivity index (χ0v) is 12.0. The number of ether oxygens (including phenoxy) is 1. The molecule has 0 saturated carbocycles. The van der Waals surface area contributed by atoms with Crippen LogP contribution in [-0.2, 0) is 6.61 Å². The number of fused-ring (bicyclic) bond motifs is 1. The summed E-state index contributed by atoms with van der Waals surface area (Å²) in [6.07, 6.45) is 1.46. The number of rotatable bonds is 3. The highest BCUT2D eigenvalue weighted by Gasteiger charge is 2.06. The Balaban J connectivity index is 1.89. The fourth-order valence-corrected chi connectivity index (χ4v) is 2.26. The summed E-state index contributed by atoms with van der Waals surface area (Å²) in [5.74, 6) is 0.210. The van der Waals surface area contributed by atoms with Crippen molar-refractivity contribution in [3.63, 3.8) is 0 Å². The summed E-state index contributed by atoms with van der Waals surface area (Å²) in [4.78, 5) is 8.32. The molecule has 0 bridgehead atoms. The Bertz CT molecular complexity index is 764. The van der Waals surface area contributed by atoms with Crippen molar-refractivity contribution in [2.24, 2.45) is 0 Å². The van der Waals surface area contributed by atoms with Gasteiger partial charge in [0.2, 0.25) is 5.88 Å². The van der Waals surface area contributed by atoms with Gasteiger partial charge in [0.25, 0.3) is 0 Å². The van der Waals surface area contributed by atoms with Crippen LogP contribution in [0.5, 0.6) is 5.88 Å². The zero-order valence-electron chi connectivity index (χ0n) is 10.4. The maximum Gasteiger partial charge on any atom is 0.224 e. The summed E-state index contributed by atoms with van der Waals surface area (Å²) in [5.41, 5.74) is 1.56. The smallest absolute Gasteiger partial charge is 0.224 e. The fraction of sp³-hybridized carbons (Fsp3) is 0.0667. The quantitative estimate of drug-likeness (QED) is 0.723. The molecule has 0 aliphatic heterocycles. The summed E-state index contributed by atoms with van der Waals surface area (Å²) >= 11 is 3.41. The molecule has 0 radical (unpaired) electrons. The second-order valence-electron chi connectivity index (χ2n) is 4.26. The number of benzene rings is 2. The molecule has 0 saturated heterocycles. The maximum atomic E-state index is 13.1. The van der Waals surface area contributed by atoms with Gasteiger partial charge in [-0.2, -0.15) is 0 Å². The summed E-state index contributed by atoms with van der Waals surface area (Å²) in [6.45, 7) is 0.260. The van der Waals surface area contributed by atoms with E-state index in [4.69, 9.17) is 4.74 Å². The highest BCUT2D eigenvalue weighted by Crippen LogP contribution is 2.25. The summed E-state index contributed by atoms with van der Waals surface area (Å²) < 4.78 is 19.7. The molecule has 0 amide bonds. The average molecular weight is 333 g/mol. The first kappa shape index (κ1) is 13.0. The Hall–Kier alpha value is -2.01. The molecule has 0 aliphatic carbocycles. The standard InChI is InChI=1S/C15H10BrFN2O/c16-11-4-5-14-13(7-11)15(19-9-18-14)20-8-10-2-1-3-12(17)6-10/h1-7,9H,8H2. The molecule has 20 heavy (non-hydrogen) atoms. The summed E-state index contributed by atoms with van der Waals surface area (Å²) in [5, 5.41) is 0.818. The van der Waals surface area contributed by atoms with Gasteiger partial charge in [0.05, 0.1) is 10.9 Å². The van der Waals surface area contributed by atoms with E-state index in [1.807, 2.05) is 24.3 Å². The third-order valence-corrected chi connectivity index (χ3v) is 3.32. The van der Waals surface area contributed by atoms with Crippen LogP contribution < -0.4 is 4.74 Å². The van der Waals surface area contributed by atoms with Crippen LogP contribution in [0.4, 0.5) is 4.39 Å². The van der Waals surface area contributed by atoms with Gasteiger partial charge in [0.15, 0.2) is 0 Å². The van der Waals surface area contributed by atoms with Crippen molar-refractivity contribution in [3.8, 4) is 5.88 Å². The first-order valence-electron chi connectivity index (χ1n) is 6.00. The van der Waals surface area contributed by atoms with Crippen molar-refractivity contribution in [1.82, 2.24) is 9.97 Å². The van der Waals surface area contributed by atoms with Crippen LogP contribution in [0.3, 0.4) is 0 Å². The molecular weight excluding hydrogens is 323 g/mol. The van der Waals surface area contributed by atoms with Gasteiger partial charge < -0.3 is 4.74 Å². The SMILES string of the molecule is Fc1cccc(COc2ncnc3ccc(Br)cc23)c1. The molecule has 3 rings (SSSR count). The maximum absolute atomic E-state index is 13.1. The molecule has 1 aromatic heterocycles. The Labute approximate surface area is 123 Å². The Morgan fingerprint density at radius 3 is 2.85 bits per heavy atom. The van der Waals surface area contributed by atoms with Crippen molar-refractivity contribution in [2.75, 3.05) is 0 Å². The monoisotopic (exact) mass is 332 g/mol. The van der Waals surface area contributed by atoms with Crippen molar-refractivity contribution < 1.29 is 9.13 Å². The first-order chi connectivity index (χ1) is 9.72. The molecule has 1 heterocycles. The first-order valence-corrected chi connectivity index (χ1v) is 6.79. The van der Waals surface area contributed by atoms with E-state index in [1.165, 1.54) is 18.5 Å². The molecule has 0 unspecified atom stereocenters. The van der Waals surface area contributed by atoms with Crippen LogP contribution >= 0.6 is 15.9 Å². The highest BCUT2D eigenvalue weighted by molar-refractivity contribution is 9.10. The number of aromatic nitrogens is 2. The van der Waals surface area contributed by atoms with Gasteiger partial charge in [-0.05, 0) is 35.9 Å². The van der Waals surface area contributed by atoms with Crippen LogP contribution in [-0.4, -0.2) is 9.97 Å². The summed E-state index contributed by atoms with van der Waals surface area (Å²) in [7, 11) is 0. The minimum Gasteiger partial charge on any atom is -0.472 e. The largest absolute Gasteiger partial charge is 0.472 e. The molecule has 100 valence electrons. The molecule has 5 heteroatoms. The predicted octanol–water partition coefficient (Wildman–Crippen LogP) is 4.11. The van der Waals surface area contributed by atoms with Crippen molar-refractivity contribution in [3.05, 3.63) is 64.6 Å². The van der Waals surface area contributed by atoms with Crippen LogP contribution in [0.2, 0.25) is 0 Å². The van der Waals surface area contributed by atoms with Crippen LogP contribution in [0.1, 0.15) is 5.56 Å². The number of halogens is 2. The molecule has 2 aromatic carbocycles. The molecule has 0 atom stereocenters. The van der Waals surface area contributed by atoms with E-state index in [2.05, 4.69) is 25.9 Å². The lowest BCUT2D eigenvalue weighted by Crippen LogP contribution is -1.99. The predicted molar refractivity (Wildman–Crippen MR) is 78.0 cm³/mol. The van der Waals surface area contributed by atoms with Gasteiger partial charge in [0, 0.05) is 4.47 Å². The molecule has 3 aromatic rings. The van der Waals surface area contributed by atoms with E-state index in [0.29, 0.717) is 5.88 Å². The molecule has 0 aliphatic rings. The molecular formula is C15H10BrFN2O. The Morgan fingerprint density at radius 2 is 2.00 bits per heavy atom. The number of hydrogen-bond acceptors (Lipinski definition) is 3. The van der Waals surface area contributed by atoms with Crippen molar-refractivity contribution in [2.45, 2.75) is 6.61 Å². The van der Waals surface area contributed by atoms with E-state index in [0.717, 1.165) is 20.9 Å². The van der Waals surface area contributed by atoms with Crippen molar-refractivity contribution in [1.29, 1.82) is 0 Å². The topological polar surface area (TPSA) is 35.0 Å². The van der Waals surface area contributed by atoms with Crippen molar-refractivity contribution >= 4 is 26.8 Å². The summed E-state index contributed by atoms with van der Waals surface area (Å²) in [6, 6.07) is 12.0. The molecule has 0 N–H and O–H groups in total. The van der Waals surface area contributed by atoms with Gasteiger partial charge in [-0.3, -0.25) is 0 Å². The number of hydrogen-bond donors (Lipinski definition) is 0. The molecule has 0 spiro atoms. The lowest BCUT2D eigenvalue weighted by atomic mass is 10.2. The Morgan fingerprint density at radius 1 is 1.10 bits per heavy atom. The minimum absolute atomic E-state index is 0.260. The lowest BCUT2D eigenvalue weighted by molar-refractivity contribution is 0.297. The van der Waals surface area contributed by atoms with E-state index in [9.17, 15) is 4.39 Å². The van der Waals surface area contributed by atoms with E-state index >= 15 is 0 Å². The lowest BCUT2D eigenvalue weighted by Gasteiger charge is -2.08. The Kier molecular flexibility index (Phi) is 3.60. The average Bonchev–Trinajstić information content (AvgIpc) is 2.45. The van der Waals surface area contributed by atoms with E-state index in [-0.39, 0.29) is 12.4 Å². The van der Waals surface area contributed by atoms with Gasteiger partial charge >= 0.3 is 0 Å². The minimum atomic E-state index is -0.276. The highest BCUT2D eigenvalue weighted by atomic mass is 79.9. The zero-order chi connectivity index (χ0) is 13.9. The van der Waals surface area contributed by atoms with Gasteiger partial charge in [-0.25, -0.2) is 14.4 Å². The number of nitrogens with zero attached hydrogens (tertiary/aromatic N) is 2. The fourth-order valence-electron chi connectivity index (χ4n) is 1.90. The molecule has 0 fully saturated rings. The third-order valence-electron chi connectivity index (χ3n) is 2.83. The second kappa shape index (κ2) is 5.54. The third kappa shape index (κ3) is 2.77. The van der Waals surface area contributed by atoms with Crippen LogP contribution in [0.25, 0.3) is 10.9 Å². The van der Waals surface area contributed by atoms with Gasteiger partial charge in [-0.15, -0.1) is 0 Å². The normalized spacial score (nSPS) is 10.7. The van der Waals surface area contributed by atoms with E-state index in [1.54, 1.807) is 6.07 Å². The molecule has 3 nitrogen and oxygen atoms in total. The van der Waals surface area contributed by atoms with Crippen LogP contribution in [0, 0.1) is 5.82 Å².